The summed E-state index contributed by atoms with van der Waals surface area (Å²) in [5.41, 5.74) is 2.79. The highest BCUT2D eigenvalue weighted by molar-refractivity contribution is 6.15. The van der Waals surface area contributed by atoms with Crippen LogP contribution in [-0.2, 0) is 6.54 Å². The first-order valence-electron chi connectivity index (χ1n) is 11.1. The lowest BCUT2D eigenvalue weighted by molar-refractivity contribution is 0.101. The van der Waals surface area contributed by atoms with Crippen LogP contribution >= 0.6 is 0 Å². The Hall–Kier alpha value is -2.79. The van der Waals surface area contributed by atoms with Gasteiger partial charge in [0.05, 0.1) is 18.2 Å². The van der Waals surface area contributed by atoms with E-state index in [9.17, 15) is 9.90 Å². The minimum Gasteiger partial charge on any atom is -0.507 e. The summed E-state index contributed by atoms with van der Waals surface area (Å²) in [5.74, 6) is 1.52. The number of nitrogens with zero attached hydrogens (tertiary/aromatic N) is 1. The van der Waals surface area contributed by atoms with Crippen LogP contribution < -0.4 is 9.47 Å². The number of fused-ring (bicyclic) bond motifs is 1. The highest BCUT2D eigenvalue weighted by Gasteiger charge is 2.33. The van der Waals surface area contributed by atoms with E-state index in [2.05, 4.69) is 18.7 Å². The number of allylic oxidation sites excluding steroid dienone is 1. The Bertz CT molecular complexity index is 956. The Morgan fingerprint density at radius 3 is 2.48 bits per heavy atom. The third-order valence-corrected chi connectivity index (χ3v) is 5.65. The molecule has 0 unspecified atom stereocenters. The lowest BCUT2D eigenvalue weighted by Crippen LogP contribution is -2.26. The number of unbranched alkanes of at least 4 members (excludes halogenated alkanes) is 2. The largest absolute Gasteiger partial charge is 0.507 e. The number of phenolic OH excluding ortho intramolecular Hbond substituents is 1. The molecule has 2 aromatic carbocycles. The molecule has 1 heterocycles. The number of methoxy groups -OCH3 is 1. The molecule has 0 amide bonds. The highest BCUT2D eigenvalue weighted by atomic mass is 16.5. The minimum absolute atomic E-state index is 0.148. The smallest absolute Gasteiger partial charge is 0.232 e. The van der Waals surface area contributed by atoms with E-state index in [0.29, 0.717) is 29.2 Å². The summed E-state index contributed by atoms with van der Waals surface area (Å²) in [5, 5.41) is 10.7. The van der Waals surface area contributed by atoms with Crippen molar-refractivity contribution >= 4 is 11.9 Å². The van der Waals surface area contributed by atoms with Crippen LogP contribution in [0, 0.1) is 6.92 Å². The number of aromatic hydroxyl groups is 1. The van der Waals surface area contributed by atoms with E-state index in [1.54, 1.807) is 19.3 Å². The molecule has 5 nitrogen and oxygen atoms in total. The number of carbonyl (C=O) groups is 1. The average molecular weight is 424 g/mol. The van der Waals surface area contributed by atoms with Crippen molar-refractivity contribution in [1.82, 2.24) is 4.90 Å². The van der Waals surface area contributed by atoms with Gasteiger partial charge in [0.15, 0.2) is 5.76 Å². The summed E-state index contributed by atoms with van der Waals surface area (Å²) in [6.07, 6.45) is 6.15. The second-order valence-corrected chi connectivity index (χ2v) is 8.09. The van der Waals surface area contributed by atoms with E-state index in [1.165, 1.54) is 0 Å². The second kappa shape index (κ2) is 10.5. The number of Topliss-reactive ketones (excluding diaryl/α,β-unsaturated/α-hetero) is 1. The van der Waals surface area contributed by atoms with Crippen LogP contribution in [0.2, 0.25) is 0 Å². The fraction of sp³-hybridized carbons (Fsp3) is 0.423. The van der Waals surface area contributed by atoms with Crippen LogP contribution in [0.5, 0.6) is 17.2 Å². The SMILES string of the molecule is CCCCN(CCCC)Cc1c(O)cc(C)c2c1O/C(=C/c1cccc(OC)c1)C2=O. The van der Waals surface area contributed by atoms with Gasteiger partial charge in [0, 0.05) is 6.54 Å². The molecule has 1 N–H and O–H groups in total. The van der Waals surface area contributed by atoms with Gasteiger partial charge in [-0.25, -0.2) is 0 Å². The van der Waals surface area contributed by atoms with Crippen molar-refractivity contribution in [3.05, 3.63) is 58.3 Å². The van der Waals surface area contributed by atoms with E-state index in [0.717, 1.165) is 49.9 Å². The molecular weight excluding hydrogens is 390 g/mol. The molecule has 0 atom stereocenters. The molecule has 31 heavy (non-hydrogen) atoms. The zero-order valence-electron chi connectivity index (χ0n) is 19.0. The second-order valence-electron chi connectivity index (χ2n) is 8.09. The van der Waals surface area contributed by atoms with Gasteiger partial charge in [-0.3, -0.25) is 9.69 Å². The number of aryl methyl sites for hydroxylation is 1. The molecule has 0 saturated carbocycles. The summed E-state index contributed by atoms with van der Waals surface area (Å²) in [6, 6.07) is 9.17. The highest BCUT2D eigenvalue weighted by Crippen LogP contribution is 2.42. The molecule has 0 aliphatic carbocycles. The number of carbonyl (C=O) groups excluding carboxylic acids is 1. The number of rotatable bonds is 10. The maximum Gasteiger partial charge on any atom is 0.232 e. The zero-order chi connectivity index (χ0) is 22.4. The van der Waals surface area contributed by atoms with Crippen LogP contribution in [0.15, 0.2) is 36.1 Å². The molecule has 2 aromatic rings. The van der Waals surface area contributed by atoms with Gasteiger partial charge >= 0.3 is 0 Å². The number of hydrogen-bond donors (Lipinski definition) is 1. The predicted octanol–water partition coefficient (Wildman–Crippen LogP) is 5.73. The topological polar surface area (TPSA) is 59.0 Å². The van der Waals surface area contributed by atoms with Crippen LogP contribution in [0.1, 0.15) is 66.6 Å². The standard InChI is InChI=1S/C26H33NO4/c1-5-7-12-27(13-8-6-2)17-21-22(28)14-18(3)24-25(29)23(31-26(21)24)16-19-10-9-11-20(15-19)30-4/h9-11,14-16,28H,5-8,12-13,17H2,1-4H3/b23-16+. The summed E-state index contributed by atoms with van der Waals surface area (Å²) in [6.45, 7) is 8.67. The monoisotopic (exact) mass is 423 g/mol. The Morgan fingerprint density at radius 1 is 1.13 bits per heavy atom. The van der Waals surface area contributed by atoms with Gasteiger partial charge in [0.25, 0.3) is 0 Å². The van der Waals surface area contributed by atoms with Crippen molar-refractivity contribution in [1.29, 1.82) is 0 Å². The molecule has 3 rings (SSSR count). The summed E-state index contributed by atoms with van der Waals surface area (Å²) in [7, 11) is 1.61. The van der Waals surface area contributed by atoms with Gasteiger partial charge < -0.3 is 14.6 Å². The van der Waals surface area contributed by atoms with Crippen molar-refractivity contribution < 1.29 is 19.4 Å². The lowest BCUT2D eigenvalue weighted by atomic mass is 9.99. The maximum atomic E-state index is 13.2. The number of phenols is 1. The number of hydrogen-bond acceptors (Lipinski definition) is 5. The van der Waals surface area contributed by atoms with Crippen LogP contribution in [0.3, 0.4) is 0 Å². The summed E-state index contributed by atoms with van der Waals surface area (Å²) in [4.78, 5) is 15.5. The minimum atomic E-state index is -0.148. The molecule has 1 aliphatic heterocycles. The first-order chi connectivity index (χ1) is 15.0. The number of ketones is 1. The number of ether oxygens (including phenoxy) is 2. The zero-order valence-corrected chi connectivity index (χ0v) is 19.0. The van der Waals surface area contributed by atoms with Crippen molar-refractivity contribution in [2.45, 2.75) is 53.0 Å². The summed E-state index contributed by atoms with van der Waals surface area (Å²) >= 11 is 0. The fourth-order valence-electron chi connectivity index (χ4n) is 3.87. The molecule has 0 radical (unpaired) electrons. The van der Waals surface area contributed by atoms with Crippen molar-refractivity contribution in [2.75, 3.05) is 20.2 Å². The Kier molecular flexibility index (Phi) is 7.75. The Labute approximate surface area is 185 Å². The van der Waals surface area contributed by atoms with Gasteiger partial charge in [-0.1, -0.05) is 38.8 Å². The molecule has 1 aliphatic rings. The van der Waals surface area contributed by atoms with Crippen molar-refractivity contribution in [2.24, 2.45) is 0 Å². The van der Waals surface area contributed by atoms with Crippen molar-refractivity contribution in [3.8, 4) is 17.2 Å². The van der Waals surface area contributed by atoms with Crippen molar-refractivity contribution in [3.63, 3.8) is 0 Å². The normalized spacial score (nSPS) is 14.2. The maximum absolute atomic E-state index is 13.2. The summed E-state index contributed by atoms with van der Waals surface area (Å²) < 4.78 is 11.4. The van der Waals surface area contributed by atoms with E-state index >= 15 is 0 Å². The lowest BCUT2D eigenvalue weighted by Gasteiger charge is -2.23. The quantitative estimate of drug-likeness (QED) is 0.495. The van der Waals surface area contributed by atoms with Gasteiger partial charge in [-0.05, 0) is 68.3 Å². The van der Waals surface area contributed by atoms with Crippen LogP contribution in [0.25, 0.3) is 6.08 Å². The Balaban J connectivity index is 1.94. The molecule has 5 heteroatoms. The molecule has 0 spiro atoms. The van der Waals surface area contributed by atoms with Gasteiger partial charge in [-0.15, -0.1) is 0 Å². The molecule has 0 bridgehead atoms. The average Bonchev–Trinajstić information content (AvgIpc) is 3.08. The third-order valence-electron chi connectivity index (χ3n) is 5.65. The van der Waals surface area contributed by atoms with Crippen LogP contribution in [0.4, 0.5) is 0 Å². The molecule has 166 valence electrons. The third kappa shape index (κ3) is 5.28. The Morgan fingerprint density at radius 2 is 1.84 bits per heavy atom. The van der Waals surface area contributed by atoms with Gasteiger partial charge in [0.2, 0.25) is 5.78 Å². The van der Waals surface area contributed by atoms with E-state index in [4.69, 9.17) is 9.47 Å². The molecule has 0 saturated heterocycles. The number of benzene rings is 2. The molecular formula is C26H33NO4. The predicted molar refractivity (Wildman–Crippen MR) is 124 cm³/mol. The first-order valence-corrected chi connectivity index (χ1v) is 11.1. The van der Waals surface area contributed by atoms with Gasteiger partial charge in [-0.2, -0.15) is 0 Å². The fourth-order valence-corrected chi connectivity index (χ4v) is 3.87. The van der Waals surface area contributed by atoms with E-state index in [-0.39, 0.29) is 17.3 Å². The first kappa shape index (κ1) is 22.9. The van der Waals surface area contributed by atoms with Crippen LogP contribution in [-0.4, -0.2) is 36.0 Å². The van der Waals surface area contributed by atoms with E-state index < -0.39 is 0 Å². The molecule has 0 fully saturated rings. The van der Waals surface area contributed by atoms with Gasteiger partial charge in [0.1, 0.15) is 17.2 Å². The molecule has 0 aromatic heterocycles. The van der Waals surface area contributed by atoms with E-state index in [1.807, 2.05) is 31.2 Å².